The number of benzene rings is 1. The first-order valence-electron chi connectivity index (χ1n) is 7.00. The van der Waals surface area contributed by atoms with Crippen LogP contribution < -0.4 is 4.74 Å². The molecule has 1 aliphatic heterocycles. The average molecular weight is 261 g/mol. The highest BCUT2D eigenvalue weighted by Gasteiger charge is 2.18. The van der Waals surface area contributed by atoms with Gasteiger partial charge in [-0.3, -0.25) is 4.79 Å². The van der Waals surface area contributed by atoms with Crippen molar-refractivity contribution in [1.29, 1.82) is 0 Å². The third-order valence-electron chi connectivity index (χ3n) is 3.16. The fourth-order valence-corrected chi connectivity index (χ4v) is 2.28. The van der Waals surface area contributed by atoms with Crippen molar-refractivity contribution in [2.45, 2.75) is 45.6 Å². The molecule has 0 saturated carbocycles. The molecule has 19 heavy (non-hydrogen) atoms. The van der Waals surface area contributed by atoms with Crippen LogP contribution in [-0.2, 0) is 11.2 Å². The molecule has 0 bridgehead atoms. The fourth-order valence-electron chi connectivity index (χ4n) is 2.28. The first-order chi connectivity index (χ1) is 8.94. The Morgan fingerprint density at radius 2 is 1.74 bits per heavy atom. The lowest BCUT2D eigenvalue weighted by atomic mass is 10.1. The van der Waals surface area contributed by atoms with Gasteiger partial charge in [-0.1, -0.05) is 12.1 Å². The standard InChI is InChI=1S/C16H23NO2/c1-16(2,3)19-14-8-6-13(7-9-14)12-15(18)17-10-4-5-11-17/h6-9H,4-5,10-12H2,1-3H3. The molecular formula is C16H23NO2. The molecule has 0 atom stereocenters. The Bertz CT molecular complexity index is 425. The van der Waals surface area contributed by atoms with Crippen LogP contribution in [0, 0.1) is 0 Å². The third kappa shape index (κ3) is 4.27. The highest BCUT2D eigenvalue weighted by molar-refractivity contribution is 5.79. The van der Waals surface area contributed by atoms with E-state index in [1.165, 1.54) is 0 Å². The normalized spacial score (nSPS) is 15.6. The molecule has 1 heterocycles. The van der Waals surface area contributed by atoms with Crippen molar-refractivity contribution >= 4 is 5.91 Å². The van der Waals surface area contributed by atoms with E-state index in [1.807, 2.05) is 49.9 Å². The number of carbonyl (C=O) groups excluding carboxylic acids is 1. The maximum atomic E-state index is 12.0. The van der Waals surface area contributed by atoms with Crippen LogP contribution in [-0.4, -0.2) is 29.5 Å². The Morgan fingerprint density at radius 3 is 2.26 bits per heavy atom. The number of hydrogen-bond acceptors (Lipinski definition) is 2. The summed E-state index contributed by atoms with van der Waals surface area (Å²) in [6.45, 7) is 7.92. The lowest BCUT2D eigenvalue weighted by Gasteiger charge is -2.21. The number of rotatable bonds is 3. The van der Waals surface area contributed by atoms with Gasteiger partial charge in [0.05, 0.1) is 6.42 Å². The minimum Gasteiger partial charge on any atom is -0.488 e. The molecule has 0 aliphatic carbocycles. The molecule has 1 amide bonds. The molecule has 3 nitrogen and oxygen atoms in total. The summed E-state index contributed by atoms with van der Waals surface area (Å²) < 4.78 is 5.77. The van der Waals surface area contributed by atoms with Gasteiger partial charge in [-0.25, -0.2) is 0 Å². The van der Waals surface area contributed by atoms with E-state index in [0.29, 0.717) is 6.42 Å². The summed E-state index contributed by atoms with van der Waals surface area (Å²) in [5.41, 5.74) is 0.866. The fraction of sp³-hybridized carbons (Fsp3) is 0.562. The van der Waals surface area contributed by atoms with Crippen molar-refractivity contribution in [3.8, 4) is 5.75 Å². The first kappa shape index (κ1) is 13.9. The van der Waals surface area contributed by atoms with Crippen molar-refractivity contribution in [2.24, 2.45) is 0 Å². The summed E-state index contributed by atoms with van der Waals surface area (Å²) in [5, 5.41) is 0. The Kier molecular flexibility index (Phi) is 4.13. The average Bonchev–Trinajstić information content (AvgIpc) is 2.83. The lowest BCUT2D eigenvalue weighted by molar-refractivity contribution is -0.129. The molecule has 104 valence electrons. The van der Waals surface area contributed by atoms with Crippen LogP contribution in [0.2, 0.25) is 0 Å². The smallest absolute Gasteiger partial charge is 0.226 e. The monoisotopic (exact) mass is 261 g/mol. The van der Waals surface area contributed by atoms with E-state index in [1.54, 1.807) is 0 Å². The maximum absolute atomic E-state index is 12.0. The topological polar surface area (TPSA) is 29.5 Å². The van der Waals surface area contributed by atoms with E-state index in [-0.39, 0.29) is 11.5 Å². The molecule has 1 saturated heterocycles. The van der Waals surface area contributed by atoms with Crippen molar-refractivity contribution < 1.29 is 9.53 Å². The van der Waals surface area contributed by atoms with Crippen LogP contribution >= 0.6 is 0 Å². The Labute approximate surface area is 115 Å². The van der Waals surface area contributed by atoms with E-state index in [9.17, 15) is 4.79 Å². The second kappa shape index (κ2) is 5.64. The summed E-state index contributed by atoms with van der Waals surface area (Å²) in [6, 6.07) is 7.85. The van der Waals surface area contributed by atoms with Gasteiger partial charge < -0.3 is 9.64 Å². The van der Waals surface area contributed by atoms with E-state index in [2.05, 4.69) is 0 Å². The van der Waals surface area contributed by atoms with Crippen LogP contribution in [0.4, 0.5) is 0 Å². The first-order valence-corrected chi connectivity index (χ1v) is 7.00. The van der Waals surface area contributed by atoms with Crippen LogP contribution in [0.3, 0.4) is 0 Å². The van der Waals surface area contributed by atoms with E-state index in [0.717, 1.165) is 37.2 Å². The molecule has 1 aliphatic rings. The van der Waals surface area contributed by atoms with Crippen molar-refractivity contribution in [3.63, 3.8) is 0 Å². The number of carbonyl (C=O) groups is 1. The van der Waals surface area contributed by atoms with E-state index < -0.39 is 0 Å². The van der Waals surface area contributed by atoms with Gasteiger partial charge in [-0.05, 0) is 51.3 Å². The van der Waals surface area contributed by atoms with E-state index >= 15 is 0 Å². The number of amides is 1. The zero-order chi connectivity index (χ0) is 13.9. The Balaban J connectivity index is 1.93. The third-order valence-corrected chi connectivity index (χ3v) is 3.16. The Hall–Kier alpha value is -1.51. The molecule has 0 unspecified atom stereocenters. The molecule has 3 heteroatoms. The van der Waals surface area contributed by atoms with Gasteiger partial charge in [0.2, 0.25) is 5.91 Å². The maximum Gasteiger partial charge on any atom is 0.226 e. The van der Waals surface area contributed by atoms with Crippen LogP contribution in [0.15, 0.2) is 24.3 Å². The summed E-state index contributed by atoms with van der Waals surface area (Å²) in [5.74, 6) is 1.09. The van der Waals surface area contributed by atoms with Gasteiger partial charge in [-0.15, -0.1) is 0 Å². The van der Waals surface area contributed by atoms with Crippen LogP contribution in [0.5, 0.6) is 5.75 Å². The van der Waals surface area contributed by atoms with Crippen LogP contribution in [0.25, 0.3) is 0 Å². The predicted octanol–water partition coefficient (Wildman–Crippen LogP) is 3.03. The largest absolute Gasteiger partial charge is 0.488 e. The second-order valence-corrected chi connectivity index (χ2v) is 6.12. The van der Waals surface area contributed by atoms with Crippen molar-refractivity contribution in [2.75, 3.05) is 13.1 Å². The van der Waals surface area contributed by atoms with Crippen molar-refractivity contribution in [1.82, 2.24) is 4.90 Å². The molecule has 1 fully saturated rings. The summed E-state index contributed by atoms with van der Waals surface area (Å²) in [4.78, 5) is 14.0. The Morgan fingerprint density at radius 1 is 1.16 bits per heavy atom. The van der Waals surface area contributed by atoms with Crippen molar-refractivity contribution in [3.05, 3.63) is 29.8 Å². The summed E-state index contributed by atoms with van der Waals surface area (Å²) in [6.07, 6.45) is 2.78. The second-order valence-electron chi connectivity index (χ2n) is 6.12. The van der Waals surface area contributed by atoms with Gasteiger partial charge in [0.1, 0.15) is 11.4 Å². The highest BCUT2D eigenvalue weighted by atomic mass is 16.5. The minimum atomic E-state index is -0.188. The van der Waals surface area contributed by atoms with Gasteiger partial charge in [0, 0.05) is 13.1 Å². The molecular weight excluding hydrogens is 238 g/mol. The van der Waals surface area contributed by atoms with E-state index in [4.69, 9.17) is 4.74 Å². The number of nitrogens with zero attached hydrogens (tertiary/aromatic N) is 1. The van der Waals surface area contributed by atoms with Gasteiger partial charge >= 0.3 is 0 Å². The van der Waals surface area contributed by atoms with Gasteiger partial charge in [0.15, 0.2) is 0 Å². The number of likely N-dealkylation sites (tertiary alicyclic amines) is 1. The summed E-state index contributed by atoms with van der Waals surface area (Å²) in [7, 11) is 0. The molecule has 0 N–H and O–H groups in total. The predicted molar refractivity (Wildman–Crippen MR) is 76.3 cm³/mol. The molecule has 0 spiro atoms. The number of hydrogen-bond donors (Lipinski definition) is 0. The summed E-state index contributed by atoms with van der Waals surface area (Å²) >= 11 is 0. The van der Waals surface area contributed by atoms with Gasteiger partial charge in [-0.2, -0.15) is 0 Å². The van der Waals surface area contributed by atoms with Crippen LogP contribution in [0.1, 0.15) is 39.2 Å². The minimum absolute atomic E-state index is 0.188. The van der Waals surface area contributed by atoms with Gasteiger partial charge in [0.25, 0.3) is 0 Å². The highest BCUT2D eigenvalue weighted by Crippen LogP contribution is 2.19. The molecule has 0 radical (unpaired) electrons. The lowest BCUT2D eigenvalue weighted by Crippen LogP contribution is -2.29. The quantitative estimate of drug-likeness (QED) is 0.837. The zero-order valence-corrected chi connectivity index (χ0v) is 12.1. The molecule has 1 aromatic carbocycles. The molecule has 2 rings (SSSR count). The number of ether oxygens (including phenoxy) is 1. The molecule has 1 aromatic rings. The zero-order valence-electron chi connectivity index (χ0n) is 12.1. The molecule has 0 aromatic heterocycles. The SMILES string of the molecule is CC(C)(C)Oc1ccc(CC(=O)N2CCCC2)cc1.